The molecule has 0 unspecified atom stereocenters. The maximum atomic E-state index is 12.7. The molecule has 1 amide bonds. The normalized spacial score (nSPS) is 11.8. The summed E-state index contributed by atoms with van der Waals surface area (Å²) in [5.74, 6) is 0.917. The highest BCUT2D eigenvalue weighted by molar-refractivity contribution is 5.77. The predicted molar refractivity (Wildman–Crippen MR) is 114 cm³/mol. The van der Waals surface area contributed by atoms with E-state index in [0.29, 0.717) is 13.0 Å². The van der Waals surface area contributed by atoms with Gasteiger partial charge in [-0.2, -0.15) is 0 Å². The highest BCUT2D eigenvalue weighted by Crippen LogP contribution is 2.27. The second-order valence-corrected chi connectivity index (χ2v) is 7.12. The second-order valence-electron chi connectivity index (χ2n) is 7.12. The van der Waals surface area contributed by atoms with Gasteiger partial charge >= 0.3 is 0 Å². The standard InChI is InChI=1S/C25H27NO2/c1-19-11-9-10-16-24(19)28-18-20(2)26-25(27)17-23(21-12-5-3-6-13-21)22-14-7-4-8-15-22/h3-16,20,23H,17-18H2,1-2H3,(H,26,27)/t20-/m1/s1. The van der Waals surface area contributed by atoms with E-state index in [4.69, 9.17) is 4.74 Å². The van der Waals surface area contributed by atoms with Crippen LogP contribution < -0.4 is 10.1 Å². The molecule has 3 nitrogen and oxygen atoms in total. The zero-order valence-corrected chi connectivity index (χ0v) is 16.5. The zero-order chi connectivity index (χ0) is 19.8. The van der Waals surface area contributed by atoms with E-state index in [2.05, 4.69) is 29.6 Å². The summed E-state index contributed by atoms with van der Waals surface area (Å²) >= 11 is 0. The number of benzene rings is 3. The molecule has 0 saturated carbocycles. The molecular weight excluding hydrogens is 346 g/mol. The van der Waals surface area contributed by atoms with E-state index >= 15 is 0 Å². The average molecular weight is 373 g/mol. The predicted octanol–water partition coefficient (Wildman–Crippen LogP) is 5.10. The maximum Gasteiger partial charge on any atom is 0.221 e. The molecule has 3 rings (SSSR count). The SMILES string of the molecule is Cc1ccccc1OC[C@@H](C)NC(=O)CC(c1ccccc1)c1ccccc1. The third-order valence-electron chi connectivity index (χ3n) is 4.78. The fourth-order valence-corrected chi connectivity index (χ4v) is 3.29. The molecule has 144 valence electrons. The van der Waals surface area contributed by atoms with Crippen LogP contribution in [0.5, 0.6) is 5.75 Å². The molecule has 1 atom stereocenters. The Kier molecular flexibility index (Phi) is 6.85. The van der Waals surface area contributed by atoms with Gasteiger partial charge in [0.15, 0.2) is 0 Å². The Bertz CT molecular complexity index is 838. The molecule has 0 aliphatic rings. The van der Waals surface area contributed by atoms with Crippen molar-refractivity contribution in [1.29, 1.82) is 0 Å². The van der Waals surface area contributed by atoms with Crippen molar-refractivity contribution in [2.45, 2.75) is 32.2 Å². The molecule has 0 heterocycles. The monoisotopic (exact) mass is 373 g/mol. The molecule has 1 N–H and O–H groups in total. The smallest absolute Gasteiger partial charge is 0.221 e. The van der Waals surface area contributed by atoms with Crippen molar-refractivity contribution in [3.05, 3.63) is 102 Å². The van der Waals surface area contributed by atoms with Gasteiger partial charge < -0.3 is 10.1 Å². The molecule has 0 aliphatic carbocycles. The Labute approximate surface area is 167 Å². The van der Waals surface area contributed by atoms with Gasteiger partial charge in [0, 0.05) is 12.3 Å². The summed E-state index contributed by atoms with van der Waals surface area (Å²) in [4.78, 5) is 12.7. The third kappa shape index (κ3) is 5.46. The van der Waals surface area contributed by atoms with Crippen molar-refractivity contribution < 1.29 is 9.53 Å². The van der Waals surface area contributed by atoms with Gasteiger partial charge in [-0.1, -0.05) is 78.9 Å². The number of rotatable bonds is 8. The van der Waals surface area contributed by atoms with Crippen LogP contribution in [0.15, 0.2) is 84.9 Å². The van der Waals surface area contributed by atoms with Crippen LogP contribution in [0.25, 0.3) is 0 Å². The quantitative estimate of drug-likeness (QED) is 0.596. The van der Waals surface area contributed by atoms with E-state index in [-0.39, 0.29) is 17.9 Å². The van der Waals surface area contributed by atoms with Gasteiger partial charge in [0.25, 0.3) is 0 Å². The van der Waals surface area contributed by atoms with Gasteiger partial charge in [-0.15, -0.1) is 0 Å². The van der Waals surface area contributed by atoms with Gasteiger partial charge in [-0.3, -0.25) is 4.79 Å². The first-order chi connectivity index (χ1) is 13.6. The summed E-state index contributed by atoms with van der Waals surface area (Å²) in [6.45, 7) is 4.43. The summed E-state index contributed by atoms with van der Waals surface area (Å²) in [6, 6.07) is 28.2. The molecule has 0 spiro atoms. The topological polar surface area (TPSA) is 38.3 Å². The van der Waals surface area contributed by atoms with Gasteiger partial charge in [0.1, 0.15) is 12.4 Å². The average Bonchev–Trinajstić information content (AvgIpc) is 2.73. The molecule has 0 radical (unpaired) electrons. The number of nitrogens with one attached hydrogen (secondary N) is 1. The van der Waals surface area contributed by atoms with Crippen LogP contribution in [0.1, 0.15) is 36.0 Å². The van der Waals surface area contributed by atoms with Crippen LogP contribution in [0.4, 0.5) is 0 Å². The first kappa shape index (κ1) is 19.7. The molecule has 3 aromatic rings. The van der Waals surface area contributed by atoms with E-state index in [9.17, 15) is 4.79 Å². The Morgan fingerprint density at radius 2 is 1.39 bits per heavy atom. The number of carbonyl (C=O) groups excluding carboxylic acids is 1. The number of hydrogen-bond donors (Lipinski definition) is 1. The lowest BCUT2D eigenvalue weighted by Gasteiger charge is -2.20. The summed E-state index contributed by atoms with van der Waals surface area (Å²) in [6.07, 6.45) is 0.405. The van der Waals surface area contributed by atoms with Crippen LogP contribution in [0.3, 0.4) is 0 Å². The lowest BCUT2D eigenvalue weighted by Crippen LogP contribution is -2.37. The van der Waals surface area contributed by atoms with Crippen molar-refractivity contribution in [2.24, 2.45) is 0 Å². The van der Waals surface area contributed by atoms with Crippen molar-refractivity contribution >= 4 is 5.91 Å². The van der Waals surface area contributed by atoms with Crippen LogP contribution in [0.2, 0.25) is 0 Å². The molecule has 3 aromatic carbocycles. The number of para-hydroxylation sites is 1. The summed E-state index contributed by atoms with van der Waals surface area (Å²) in [5.41, 5.74) is 3.38. The Hall–Kier alpha value is -3.07. The first-order valence-electron chi connectivity index (χ1n) is 9.71. The maximum absolute atomic E-state index is 12.7. The van der Waals surface area contributed by atoms with E-state index in [1.54, 1.807) is 0 Å². The zero-order valence-electron chi connectivity index (χ0n) is 16.5. The fraction of sp³-hybridized carbons (Fsp3) is 0.240. The molecule has 28 heavy (non-hydrogen) atoms. The van der Waals surface area contributed by atoms with E-state index in [0.717, 1.165) is 22.4 Å². The molecule has 0 aliphatic heterocycles. The van der Waals surface area contributed by atoms with Crippen molar-refractivity contribution in [3.63, 3.8) is 0 Å². The Morgan fingerprint density at radius 3 is 1.96 bits per heavy atom. The lowest BCUT2D eigenvalue weighted by molar-refractivity contribution is -0.122. The van der Waals surface area contributed by atoms with E-state index in [1.807, 2.05) is 74.5 Å². The van der Waals surface area contributed by atoms with Crippen LogP contribution >= 0.6 is 0 Å². The van der Waals surface area contributed by atoms with E-state index in [1.165, 1.54) is 0 Å². The lowest BCUT2D eigenvalue weighted by atomic mass is 9.88. The van der Waals surface area contributed by atoms with Crippen LogP contribution in [0, 0.1) is 6.92 Å². The summed E-state index contributed by atoms with van der Waals surface area (Å²) < 4.78 is 5.86. The van der Waals surface area contributed by atoms with Crippen LogP contribution in [-0.2, 0) is 4.79 Å². The number of aryl methyl sites for hydroxylation is 1. The van der Waals surface area contributed by atoms with Crippen LogP contribution in [-0.4, -0.2) is 18.6 Å². The minimum Gasteiger partial charge on any atom is -0.491 e. The minimum absolute atomic E-state index is 0.0265. The summed E-state index contributed by atoms with van der Waals surface area (Å²) in [5, 5.41) is 3.08. The number of ether oxygens (including phenoxy) is 1. The molecule has 3 heteroatoms. The molecular formula is C25H27NO2. The first-order valence-corrected chi connectivity index (χ1v) is 9.71. The largest absolute Gasteiger partial charge is 0.491 e. The highest BCUT2D eigenvalue weighted by atomic mass is 16.5. The Morgan fingerprint density at radius 1 is 0.857 bits per heavy atom. The van der Waals surface area contributed by atoms with Gasteiger partial charge in [0.2, 0.25) is 5.91 Å². The molecule has 0 bridgehead atoms. The molecule has 0 fully saturated rings. The minimum atomic E-state index is -0.0701. The number of carbonyl (C=O) groups is 1. The van der Waals surface area contributed by atoms with Crippen molar-refractivity contribution in [3.8, 4) is 5.75 Å². The third-order valence-corrected chi connectivity index (χ3v) is 4.78. The highest BCUT2D eigenvalue weighted by Gasteiger charge is 2.19. The number of amides is 1. The fourth-order valence-electron chi connectivity index (χ4n) is 3.29. The van der Waals surface area contributed by atoms with E-state index < -0.39 is 0 Å². The van der Waals surface area contributed by atoms with Crippen molar-refractivity contribution in [1.82, 2.24) is 5.32 Å². The summed E-state index contributed by atoms with van der Waals surface area (Å²) in [7, 11) is 0. The number of hydrogen-bond acceptors (Lipinski definition) is 2. The van der Waals surface area contributed by atoms with Crippen molar-refractivity contribution in [2.75, 3.05) is 6.61 Å². The van der Waals surface area contributed by atoms with Gasteiger partial charge in [-0.05, 0) is 36.6 Å². The van der Waals surface area contributed by atoms with Gasteiger partial charge in [-0.25, -0.2) is 0 Å². The second kappa shape index (κ2) is 9.75. The van der Waals surface area contributed by atoms with Gasteiger partial charge in [0.05, 0.1) is 6.04 Å². The Balaban J connectivity index is 1.61. The molecule has 0 saturated heterocycles. The molecule has 0 aromatic heterocycles.